The van der Waals surface area contributed by atoms with Gasteiger partial charge in [0.25, 0.3) is 5.56 Å². The second-order valence-corrected chi connectivity index (χ2v) is 6.89. The van der Waals surface area contributed by atoms with Crippen LogP contribution in [0.3, 0.4) is 0 Å². The number of fused-ring (bicyclic) bond motifs is 1. The highest BCUT2D eigenvalue weighted by Gasteiger charge is 2.09. The SMILES string of the molecule is CC(C)(C)C.Cc1cc(-c2c[nH]c(=O)[nH]c2=O)nn2ccnc12. The smallest absolute Gasteiger partial charge is 0.313 e. The molecule has 7 heteroatoms. The molecular weight excluding hydrogens is 294 g/mol. The van der Waals surface area contributed by atoms with Crippen molar-refractivity contribution in [1.29, 1.82) is 0 Å². The Bertz CT molecular complexity index is 922. The molecule has 0 atom stereocenters. The van der Waals surface area contributed by atoms with Crippen LogP contribution in [0.5, 0.6) is 0 Å². The first-order valence-corrected chi connectivity index (χ1v) is 7.28. The maximum absolute atomic E-state index is 11.7. The molecule has 0 aromatic carbocycles. The van der Waals surface area contributed by atoms with Crippen molar-refractivity contribution in [1.82, 2.24) is 24.6 Å². The van der Waals surface area contributed by atoms with Crippen LogP contribution in [0.25, 0.3) is 16.9 Å². The Hall–Kier alpha value is -2.70. The van der Waals surface area contributed by atoms with Crippen molar-refractivity contribution in [3.8, 4) is 11.3 Å². The van der Waals surface area contributed by atoms with Gasteiger partial charge >= 0.3 is 5.69 Å². The number of H-pyrrole nitrogens is 2. The number of hydrogen-bond donors (Lipinski definition) is 2. The molecule has 3 heterocycles. The fourth-order valence-corrected chi connectivity index (χ4v) is 1.81. The Kier molecular flexibility index (Phi) is 4.49. The van der Waals surface area contributed by atoms with Crippen LogP contribution in [-0.4, -0.2) is 24.6 Å². The molecule has 0 aliphatic heterocycles. The van der Waals surface area contributed by atoms with Gasteiger partial charge in [-0.05, 0) is 24.0 Å². The summed E-state index contributed by atoms with van der Waals surface area (Å²) < 4.78 is 1.59. The lowest BCUT2D eigenvalue weighted by Gasteiger charge is -2.05. The van der Waals surface area contributed by atoms with Gasteiger partial charge in [-0.1, -0.05) is 27.7 Å². The van der Waals surface area contributed by atoms with Crippen LogP contribution in [0.15, 0.2) is 34.2 Å². The largest absolute Gasteiger partial charge is 0.325 e. The topological polar surface area (TPSA) is 95.9 Å². The van der Waals surface area contributed by atoms with E-state index in [0.717, 1.165) is 11.2 Å². The summed E-state index contributed by atoms with van der Waals surface area (Å²) in [7, 11) is 0. The number of nitrogens with zero attached hydrogens (tertiary/aromatic N) is 3. The number of aryl methyl sites for hydroxylation is 1. The average Bonchev–Trinajstić information content (AvgIpc) is 2.85. The zero-order chi connectivity index (χ0) is 17.2. The lowest BCUT2D eigenvalue weighted by atomic mass is 10.0. The Balaban J connectivity index is 0.000000338. The first-order valence-electron chi connectivity index (χ1n) is 7.28. The minimum absolute atomic E-state index is 0.313. The zero-order valence-electron chi connectivity index (χ0n) is 14.0. The summed E-state index contributed by atoms with van der Waals surface area (Å²) in [5.41, 5.74) is 1.92. The van der Waals surface area contributed by atoms with Crippen molar-refractivity contribution in [2.45, 2.75) is 34.6 Å². The monoisotopic (exact) mass is 315 g/mol. The number of imidazole rings is 1. The number of nitrogens with one attached hydrogen (secondary N) is 2. The standard InChI is InChI=1S/C11H9N5O2.C5H12/c1-6-4-8(15-16-3-2-12-9(6)16)7-5-13-11(18)14-10(7)17;1-5(2,3)4/h2-5H,1H3,(H2,13,14,17,18);1-4H3. The van der Waals surface area contributed by atoms with Crippen molar-refractivity contribution in [2.24, 2.45) is 5.41 Å². The summed E-state index contributed by atoms with van der Waals surface area (Å²) >= 11 is 0. The first-order chi connectivity index (χ1) is 10.6. The van der Waals surface area contributed by atoms with Crippen molar-refractivity contribution in [3.05, 3.63) is 51.1 Å². The molecule has 0 amide bonds. The van der Waals surface area contributed by atoms with E-state index in [4.69, 9.17) is 0 Å². The molecule has 0 bridgehead atoms. The van der Waals surface area contributed by atoms with Gasteiger partial charge in [0.1, 0.15) is 0 Å². The summed E-state index contributed by atoms with van der Waals surface area (Å²) in [5, 5.41) is 4.27. The quantitative estimate of drug-likeness (QED) is 0.719. The number of hydrogen-bond acceptors (Lipinski definition) is 4. The van der Waals surface area contributed by atoms with Crippen LogP contribution in [0.1, 0.15) is 33.3 Å². The molecule has 0 unspecified atom stereocenters. The highest BCUT2D eigenvalue weighted by atomic mass is 16.2. The van der Waals surface area contributed by atoms with Crippen molar-refractivity contribution >= 4 is 5.65 Å². The summed E-state index contributed by atoms with van der Waals surface area (Å²) in [6.07, 6.45) is 4.69. The Morgan fingerprint density at radius 2 is 1.83 bits per heavy atom. The van der Waals surface area contributed by atoms with E-state index in [0.29, 0.717) is 16.7 Å². The van der Waals surface area contributed by atoms with Gasteiger partial charge in [-0.3, -0.25) is 9.78 Å². The molecule has 0 fully saturated rings. The van der Waals surface area contributed by atoms with Gasteiger partial charge in [0.2, 0.25) is 0 Å². The van der Waals surface area contributed by atoms with Gasteiger partial charge in [-0.15, -0.1) is 0 Å². The lowest BCUT2D eigenvalue weighted by molar-refractivity contribution is 0.469. The van der Waals surface area contributed by atoms with Crippen molar-refractivity contribution in [2.75, 3.05) is 0 Å². The predicted octanol–water partition coefficient (Wildman–Crippen LogP) is 2.13. The third-order valence-corrected chi connectivity index (χ3v) is 2.64. The molecule has 0 aliphatic rings. The van der Waals surface area contributed by atoms with E-state index in [1.54, 1.807) is 23.0 Å². The van der Waals surface area contributed by atoms with Crippen molar-refractivity contribution in [3.63, 3.8) is 0 Å². The average molecular weight is 315 g/mol. The fraction of sp³-hybridized carbons (Fsp3) is 0.375. The van der Waals surface area contributed by atoms with Gasteiger partial charge in [-0.25, -0.2) is 14.3 Å². The predicted molar refractivity (Wildman–Crippen MR) is 89.5 cm³/mol. The van der Waals surface area contributed by atoms with Crippen LogP contribution in [0, 0.1) is 12.3 Å². The highest BCUT2D eigenvalue weighted by molar-refractivity contribution is 5.60. The van der Waals surface area contributed by atoms with Gasteiger partial charge in [0, 0.05) is 18.6 Å². The van der Waals surface area contributed by atoms with Crippen molar-refractivity contribution < 1.29 is 0 Å². The van der Waals surface area contributed by atoms with Crippen LogP contribution in [-0.2, 0) is 0 Å². The maximum atomic E-state index is 11.7. The molecule has 3 rings (SSSR count). The summed E-state index contributed by atoms with van der Waals surface area (Å²) in [6.45, 7) is 10.6. The first kappa shape index (κ1) is 16.7. The second kappa shape index (κ2) is 6.20. The van der Waals surface area contributed by atoms with E-state index >= 15 is 0 Å². The second-order valence-electron chi connectivity index (χ2n) is 6.89. The molecule has 0 saturated carbocycles. The molecule has 122 valence electrons. The van der Waals surface area contributed by atoms with Gasteiger partial charge in [-0.2, -0.15) is 5.10 Å². The Morgan fingerprint density at radius 1 is 1.17 bits per heavy atom. The number of aromatic amines is 2. The van der Waals surface area contributed by atoms with Gasteiger partial charge < -0.3 is 4.98 Å². The molecule has 3 aromatic heterocycles. The van der Waals surface area contributed by atoms with E-state index in [1.165, 1.54) is 6.20 Å². The van der Waals surface area contributed by atoms with E-state index in [-0.39, 0.29) is 0 Å². The zero-order valence-corrected chi connectivity index (χ0v) is 14.0. The summed E-state index contributed by atoms with van der Waals surface area (Å²) in [4.78, 5) is 31.4. The molecule has 2 N–H and O–H groups in total. The lowest BCUT2D eigenvalue weighted by Crippen LogP contribution is -2.23. The third-order valence-electron chi connectivity index (χ3n) is 2.64. The summed E-state index contributed by atoms with van der Waals surface area (Å²) in [5.74, 6) is 0. The Morgan fingerprint density at radius 3 is 2.43 bits per heavy atom. The maximum Gasteiger partial charge on any atom is 0.325 e. The van der Waals surface area contributed by atoms with E-state index in [9.17, 15) is 9.59 Å². The molecule has 7 nitrogen and oxygen atoms in total. The van der Waals surface area contributed by atoms with Gasteiger partial charge in [0.05, 0.1) is 11.3 Å². The normalized spacial score (nSPS) is 11.2. The highest BCUT2D eigenvalue weighted by Crippen LogP contribution is 2.15. The van der Waals surface area contributed by atoms with E-state index in [2.05, 4.69) is 47.7 Å². The number of aromatic nitrogens is 5. The minimum Gasteiger partial charge on any atom is -0.313 e. The van der Waals surface area contributed by atoms with E-state index in [1.807, 2.05) is 6.92 Å². The Labute approximate surface area is 133 Å². The molecule has 0 radical (unpaired) electrons. The molecule has 0 aliphatic carbocycles. The molecule has 3 aromatic rings. The van der Waals surface area contributed by atoms with E-state index < -0.39 is 11.2 Å². The van der Waals surface area contributed by atoms with Crippen LogP contribution < -0.4 is 11.2 Å². The van der Waals surface area contributed by atoms with Gasteiger partial charge in [0.15, 0.2) is 5.65 Å². The summed E-state index contributed by atoms with van der Waals surface area (Å²) in [6, 6.07) is 1.76. The number of rotatable bonds is 1. The molecule has 23 heavy (non-hydrogen) atoms. The molecule has 0 saturated heterocycles. The fourth-order valence-electron chi connectivity index (χ4n) is 1.81. The van der Waals surface area contributed by atoms with Crippen LogP contribution in [0.2, 0.25) is 0 Å². The third kappa shape index (κ3) is 4.38. The van der Waals surface area contributed by atoms with Crippen LogP contribution >= 0.6 is 0 Å². The molecular formula is C16H21N5O2. The minimum atomic E-state index is -0.538. The molecule has 0 spiro atoms. The van der Waals surface area contributed by atoms with Crippen LogP contribution in [0.4, 0.5) is 0 Å².